The van der Waals surface area contributed by atoms with Crippen molar-refractivity contribution in [1.82, 2.24) is 4.90 Å². The summed E-state index contributed by atoms with van der Waals surface area (Å²) in [5.74, 6) is 0. The van der Waals surface area contributed by atoms with E-state index in [0.29, 0.717) is 0 Å². The molecule has 3 heteroatoms. The van der Waals surface area contributed by atoms with E-state index >= 15 is 0 Å². The Hall–Kier alpha value is -0.120. The first-order valence-electron chi connectivity index (χ1n) is 6.28. The second-order valence-electron chi connectivity index (χ2n) is 6.12. The van der Waals surface area contributed by atoms with Gasteiger partial charge in [0.1, 0.15) is 0 Å². The number of nitrogens with zero attached hydrogens (tertiary/aromatic N) is 1. The highest BCUT2D eigenvalue weighted by Gasteiger charge is 2.28. The predicted octanol–water partition coefficient (Wildman–Crippen LogP) is 2.30. The lowest BCUT2D eigenvalue weighted by Gasteiger charge is -2.41. The maximum Gasteiger partial charge on any atom is 0.0598 e. The zero-order chi connectivity index (χ0) is 12.2. The van der Waals surface area contributed by atoms with E-state index in [0.717, 1.165) is 39.3 Å². The van der Waals surface area contributed by atoms with Gasteiger partial charge in [0.25, 0.3) is 0 Å². The van der Waals surface area contributed by atoms with Gasteiger partial charge in [0.15, 0.2) is 0 Å². The zero-order valence-electron chi connectivity index (χ0n) is 11.5. The van der Waals surface area contributed by atoms with Crippen LogP contribution in [0.3, 0.4) is 0 Å². The zero-order valence-corrected chi connectivity index (χ0v) is 11.5. The van der Waals surface area contributed by atoms with E-state index in [-0.39, 0.29) is 11.1 Å². The van der Waals surface area contributed by atoms with Gasteiger partial charge in [-0.15, -0.1) is 0 Å². The minimum absolute atomic E-state index is 0.0267. The van der Waals surface area contributed by atoms with Gasteiger partial charge in [0.05, 0.1) is 18.8 Å². The van der Waals surface area contributed by atoms with Crippen LogP contribution < -0.4 is 0 Å². The summed E-state index contributed by atoms with van der Waals surface area (Å²) < 4.78 is 11.2. The Bertz CT molecular complexity index is 202. The first-order valence-corrected chi connectivity index (χ1v) is 6.28. The first kappa shape index (κ1) is 13.9. The van der Waals surface area contributed by atoms with Crippen LogP contribution in [0.15, 0.2) is 0 Å². The van der Waals surface area contributed by atoms with Gasteiger partial charge in [-0.25, -0.2) is 0 Å². The Balaban J connectivity index is 2.32. The van der Waals surface area contributed by atoms with Gasteiger partial charge < -0.3 is 9.47 Å². The van der Waals surface area contributed by atoms with Gasteiger partial charge in [-0.2, -0.15) is 0 Å². The van der Waals surface area contributed by atoms with Gasteiger partial charge in [-0.1, -0.05) is 0 Å². The summed E-state index contributed by atoms with van der Waals surface area (Å²) in [6.45, 7) is 15.6. The molecule has 0 spiro atoms. The summed E-state index contributed by atoms with van der Waals surface area (Å²) >= 11 is 0. The molecule has 0 N–H and O–H groups in total. The Morgan fingerprint density at radius 2 is 1.62 bits per heavy atom. The molecular formula is C13H27NO2. The Morgan fingerprint density at radius 1 is 1.06 bits per heavy atom. The second-order valence-corrected chi connectivity index (χ2v) is 6.12. The molecule has 16 heavy (non-hydrogen) atoms. The lowest BCUT2D eigenvalue weighted by Crippen LogP contribution is -2.50. The molecular weight excluding hydrogens is 202 g/mol. The van der Waals surface area contributed by atoms with Crippen molar-refractivity contribution >= 4 is 0 Å². The maximum absolute atomic E-state index is 5.80. The van der Waals surface area contributed by atoms with Crippen molar-refractivity contribution in [3.63, 3.8) is 0 Å². The van der Waals surface area contributed by atoms with E-state index < -0.39 is 0 Å². The van der Waals surface area contributed by atoms with Crippen LogP contribution in [0.1, 0.15) is 41.0 Å². The van der Waals surface area contributed by atoms with E-state index in [1.54, 1.807) is 0 Å². The van der Waals surface area contributed by atoms with Crippen LogP contribution in [0.2, 0.25) is 0 Å². The summed E-state index contributed by atoms with van der Waals surface area (Å²) in [5, 5.41) is 0. The molecule has 3 nitrogen and oxygen atoms in total. The molecule has 0 unspecified atom stereocenters. The number of hydrogen-bond donors (Lipinski definition) is 0. The lowest BCUT2D eigenvalue weighted by molar-refractivity contribution is -0.0464. The third kappa shape index (κ3) is 4.81. The summed E-state index contributed by atoms with van der Waals surface area (Å²) in [6.07, 6.45) is 1.07. The monoisotopic (exact) mass is 229 g/mol. The minimum atomic E-state index is -0.0267. The highest BCUT2D eigenvalue weighted by molar-refractivity contribution is 4.83. The van der Waals surface area contributed by atoms with Crippen molar-refractivity contribution in [3.05, 3.63) is 0 Å². The maximum atomic E-state index is 5.80. The van der Waals surface area contributed by atoms with Crippen molar-refractivity contribution in [2.75, 3.05) is 32.9 Å². The van der Waals surface area contributed by atoms with E-state index in [9.17, 15) is 0 Å². The average Bonchev–Trinajstić information content (AvgIpc) is 2.17. The van der Waals surface area contributed by atoms with Crippen molar-refractivity contribution < 1.29 is 9.47 Å². The SMILES string of the molecule is CC(C)(C)OCCC(C)(C)N1CCOCC1. The highest BCUT2D eigenvalue weighted by Crippen LogP contribution is 2.21. The van der Waals surface area contributed by atoms with Crippen LogP contribution in [0.25, 0.3) is 0 Å². The molecule has 0 bridgehead atoms. The van der Waals surface area contributed by atoms with Crippen LogP contribution in [0.4, 0.5) is 0 Å². The highest BCUT2D eigenvalue weighted by atomic mass is 16.5. The molecule has 96 valence electrons. The molecule has 0 aromatic heterocycles. The van der Waals surface area contributed by atoms with Gasteiger partial charge >= 0.3 is 0 Å². The Morgan fingerprint density at radius 3 is 2.12 bits per heavy atom. The third-order valence-corrected chi connectivity index (χ3v) is 3.12. The first-order chi connectivity index (χ1) is 7.31. The molecule has 0 aliphatic carbocycles. The third-order valence-electron chi connectivity index (χ3n) is 3.12. The molecule has 1 fully saturated rings. The van der Waals surface area contributed by atoms with Gasteiger partial charge in [0.2, 0.25) is 0 Å². The number of rotatable bonds is 4. The average molecular weight is 229 g/mol. The largest absolute Gasteiger partial charge is 0.379 e. The van der Waals surface area contributed by atoms with E-state index in [1.165, 1.54) is 0 Å². The fourth-order valence-electron chi connectivity index (χ4n) is 1.93. The van der Waals surface area contributed by atoms with Crippen LogP contribution >= 0.6 is 0 Å². The molecule has 1 rings (SSSR count). The second kappa shape index (κ2) is 5.48. The molecule has 0 atom stereocenters. The normalized spacial score (nSPS) is 20.1. The lowest BCUT2D eigenvalue weighted by atomic mass is 9.98. The Labute approximate surface area is 100 Å². The molecule has 0 saturated carbocycles. The number of morpholine rings is 1. The van der Waals surface area contributed by atoms with Crippen LogP contribution in [-0.4, -0.2) is 49.0 Å². The molecule has 0 aromatic carbocycles. The van der Waals surface area contributed by atoms with Crippen LogP contribution in [0.5, 0.6) is 0 Å². The molecule has 0 radical (unpaired) electrons. The minimum Gasteiger partial charge on any atom is -0.379 e. The van der Waals surface area contributed by atoms with Crippen molar-refractivity contribution in [3.8, 4) is 0 Å². The quantitative estimate of drug-likeness (QED) is 0.738. The smallest absolute Gasteiger partial charge is 0.0598 e. The van der Waals surface area contributed by atoms with E-state index in [4.69, 9.17) is 9.47 Å². The van der Waals surface area contributed by atoms with Crippen LogP contribution in [0, 0.1) is 0 Å². The number of ether oxygens (including phenoxy) is 2. The topological polar surface area (TPSA) is 21.7 Å². The Kier molecular flexibility index (Phi) is 4.77. The fraction of sp³-hybridized carbons (Fsp3) is 1.00. The molecule has 0 aromatic rings. The summed E-state index contributed by atoms with van der Waals surface area (Å²) in [4.78, 5) is 2.50. The van der Waals surface area contributed by atoms with E-state index in [2.05, 4.69) is 39.5 Å². The molecule has 1 heterocycles. The van der Waals surface area contributed by atoms with Crippen molar-refractivity contribution in [1.29, 1.82) is 0 Å². The van der Waals surface area contributed by atoms with Gasteiger partial charge in [-0.3, -0.25) is 4.90 Å². The van der Waals surface area contributed by atoms with Gasteiger partial charge in [0, 0.05) is 25.2 Å². The fourth-order valence-corrected chi connectivity index (χ4v) is 1.93. The standard InChI is InChI=1S/C13H27NO2/c1-12(2,3)16-9-6-13(4,5)14-7-10-15-11-8-14/h6-11H2,1-5H3. The van der Waals surface area contributed by atoms with E-state index in [1.807, 2.05) is 0 Å². The van der Waals surface area contributed by atoms with Crippen molar-refractivity contribution in [2.45, 2.75) is 52.2 Å². The molecule has 0 amide bonds. The molecule has 1 aliphatic heterocycles. The number of hydrogen-bond acceptors (Lipinski definition) is 3. The predicted molar refractivity (Wildman–Crippen MR) is 66.8 cm³/mol. The summed E-state index contributed by atoms with van der Waals surface area (Å²) in [5.41, 5.74) is 0.191. The van der Waals surface area contributed by atoms with Crippen molar-refractivity contribution in [2.24, 2.45) is 0 Å². The van der Waals surface area contributed by atoms with Gasteiger partial charge in [-0.05, 0) is 41.0 Å². The molecule has 1 aliphatic rings. The summed E-state index contributed by atoms with van der Waals surface area (Å²) in [6, 6.07) is 0. The molecule has 1 saturated heterocycles. The van der Waals surface area contributed by atoms with Crippen LogP contribution in [-0.2, 0) is 9.47 Å². The summed E-state index contributed by atoms with van der Waals surface area (Å²) in [7, 11) is 0.